The molecular weight excluding hydrogens is 494 g/mol. The van der Waals surface area contributed by atoms with Crippen LogP contribution < -0.4 is 20.8 Å². The zero-order valence-corrected chi connectivity index (χ0v) is 19.6. The zero-order valence-electron chi connectivity index (χ0n) is 17.2. The molecule has 0 unspecified atom stereocenters. The highest BCUT2D eigenvalue weighted by Gasteiger charge is 2.44. The van der Waals surface area contributed by atoms with E-state index in [0.717, 1.165) is 18.4 Å². The van der Waals surface area contributed by atoms with Gasteiger partial charge in [-0.15, -0.1) is 0 Å². The largest absolute Gasteiger partial charge is 0.475 e. The van der Waals surface area contributed by atoms with Crippen LogP contribution in [0.25, 0.3) is 10.9 Å². The molecule has 1 aliphatic rings. The highest BCUT2D eigenvalue weighted by molar-refractivity contribution is 9.10. The normalized spacial score (nSPS) is 14.1. The maximum atomic E-state index is 13.0. The van der Waals surface area contributed by atoms with E-state index in [1.807, 2.05) is 0 Å². The first-order valence-electron chi connectivity index (χ1n) is 9.83. The minimum absolute atomic E-state index is 0.0164. The first-order chi connectivity index (χ1) is 15.4. The first kappa shape index (κ1) is 22.3. The summed E-state index contributed by atoms with van der Waals surface area (Å²) in [6.45, 7) is 0.634. The van der Waals surface area contributed by atoms with Gasteiger partial charge in [0.25, 0.3) is 11.5 Å². The Morgan fingerprint density at radius 1 is 1.41 bits per heavy atom. The molecule has 3 N–H and O–H groups in total. The first-order valence-corrected chi connectivity index (χ1v) is 11.5. The molecule has 0 bridgehead atoms. The SMILES string of the molecule is Cn1c(=O)c(C(=O)NCc2ccc(C#N)cc2)cc2c(Br)cnc(OCC3(SN)CC3)c21. The maximum absolute atomic E-state index is 13.0. The van der Waals surface area contributed by atoms with E-state index in [4.69, 9.17) is 15.1 Å². The van der Waals surface area contributed by atoms with Gasteiger partial charge in [-0.2, -0.15) is 5.26 Å². The average molecular weight is 514 g/mol. The van der Waals surface area contributed by atoms with Crippen LogP contribution in [-0.2, 0) is 13.6 Å². The topological polar surface area (TPSA) is 123 Å². The zero-order chi connectivity index (χ0) is 22.9. The van der Waals surface area contributed by atoms with Gasteiger partial charge in [0.2, 0.25) is 5.88 Å². The molecule has 1 amide bonds. The number of hydrogen-bond acceptors (Lipinski definition) is 7. The Labute approximate surface area is 197 Å². The fourth-order valence-corrected chi connectivity index (χ4v) is 4.17. The predicted octanol–water partition coefficient (Wildman–Crippen LogP) is 3.02. The van der Waals surface area contributed by atoms with Gasteiger partial charge in [0.15, 0.2) is 0 Å². The van der Waals surface area contributed by atoms with Crippen LogP contribution >= 0.6 is 27.9 Å². The van der Waals surface area contributed by atoms with Crippen molar-refractivity contribution < 1.29 is 9.53 Å². The van der Waals surface area contributed by atoms with Crippen LogP contribution in [0.4, 0.5) is 0 Å². The third-order valence-electron chi connectivity index (χ3n) is 5.48. The molecule has 0 spiro atoms. The Hall–Kier alpha value is -2.87. The van der Waals surface area contributed by atoms with Gasteiger partial charge in [0.05, 0.1) is 16.4 Å². The molecular formula is C22H20BrN5O3S. The van der Waals surface area contributed by atoms with Crippen molar-refractivity contribution in [2.24, 2.45) is 12.2 Å². The fraction of sp³-hybridized carbons (Fsp3) is 0.273. The summed E-state index contributed by atoms with van der Waals surface area (Å²) in [6.07, 6.45) is 3.55. The average Bonchev–Trinajstić information content (AvgIpc) is 3.60. The summed E-state index contributed by atoms with van der Waals surface area (Å²) in [4.78, 5) is 30.1. The number of hydrogen-bond donors (Lipinski definition) is 2. The summed E-state index contributed by atoms with van der Waals surface area (Å²) in [5.74, 6) is -0.160. The highest BCUT2D eigenvalue weighted by Crippen LogP contribution is 2.46. The molecule has 164 valence electrons. The molecule has 8 nitrogen and oxygen atoms in total. The second-order valence-electron chi connectivity index (χ2n) is 7.68. The van der Waals surface area contributed by atoms with Crippen molar-refractivity contribution >= 4 is 44.7 Å². The number of halogens is 1. The van der Waals surface area contributed by atoms with Gasteiger partial charge in [-0.05, 0) is 52.5 Å². The Morgan fingerprint density at radius 2 is 2.12 bits per heavy atom. The van der Waals surface area contributed by atoms with Gasteiger partial charge < -0.3 is 14.6 Å². The quantitative estimate of drug-likeness (QED) is 0.465. The lowest BCUT2D eigenvalue weighted by atomic mass is 10.1. The van der Waals surface area contributed by atoms with Gasteiger partial charge in [-0.3, -0.25) is 14.7 Å². The van der Waals surface area contributed by atoms with Crippen LogP contribution in [0.3, 0.4) is 0 Å². The van der Waals surface area contributed by atoms with E-state index < -0.39 is 11.5 Å². The number of nitrogens with one attached hydrogen (secondary N) is 1. The smallest absolute Gasteiger partial charge is 0.263 e. The number of fused-ring (bicyclic) bond motifs is 1. The number of aryl methyl sites for hydroxylation is 1. The van der Waals surface area contributed by atoms with Crippen molar-refractivity contribution in [3.05, 3.63) is 68.0 Å². The number of amides is 1. The molecule has 1 aromatic carbocycles. The number of nitrogens with zero attached hydrogens (tertiary/aromatic N) is 3. The summed E-state index contributed by atoms with van der Waals surface area (Å²) < 4.78 is 7.87. The number of nitrogens with two attached hydrogens (primary N) is 1. The summed E-state index contributed by atoms with van der Waals surface area (Å²) in [7, 11) is 1.59. The van der Waals surface area contributed by atoms with Crippen molar-refractivity contribution in [3.8, 4) is 11.9 Å². The number of benzene rings is 1. The van der Waals surface area contributed by atoms with Crippen molar-refractivity contribution in [2.75, 3.05) is 6.61 Å². The van der Waals surface area contributed by atoms with Gasteiger partial charge in [0, 0.05) is 29.6 Å². The van der Waals surface area contributed by atoms with Crippen LogP contribution in [0.5, 0.6) is 5.88 Å². The lowest BCUT2D eigenvalue weighted by Crippen LogP contribution is -2.32. The van der Waals surface area contributed by atoms with Gasteiger partial charge in [-0.1, -0.05) is 24.1 Å². The summed E-state index contributed by atoms with van der Waals surface area (Å²) in [6, 6.07) is 10.5. The van der Waals surface area contributed by atoms with E-state index in [1.165, 1.54) is 16.5 Å². The van der Waals surface area contributed by atoms with Gasteiger partial charge in [-0.25, -0.2) is 4.98 Å². The standard InChI is InChI=1S/C22H20BrN5O3S/c1-28-18-15(17(23)11-27-20(18)31-12-22(32-25)6-7-22)8-16(21(28)30)19(29)26-10-14-4-2-13(9-24)3-5-14/h2-5,8,11H,6-7,10,12,25H2,1H3,(H,26,29). The molecule has 10 heteroatoms. The number of ether oxygens (including phenoxy) is 1. The Balaban J connectivity index is 1.61. The predicted molar refractivity (Wildman–Crippen MR) is 126 cm³/mol. The molecule has 0 saturated heterocycles. The Bertz CT molecular complexity index is 1300. The third-order valence-corrected chi connectivity index (χ3v) is 7.14. The Morgan fingerprint density at radius 3 is 2.75 bits per heavy atom. The van der Waals surface area contributed by atoms with Crippen molar-refractivity contribution in [1.82, 2.24) is 14.9 Å². The molecule has 2 aromatic heterocycles. The molecule has 3 aromatic rings. The molecule has 0 radical (unpaired) electrons. The molecule has 4 rings (SSSR count). The second-order valence-corrected chi connectivity index (χ2v) is 9.63. The maximum Gasteiger partial charge on any atom is 0.263 e. The van der Waals surface area contributed by atoms with E-state index in [2.05, 4.69) is 32.3 Å². The van der Waals surface area contributed by atoms with Gasteiger partial charge >= 0.3 is 0 Å². The minimum atomic E-state index is -0.487. The monoisotopic (exact) mass is 513 g/mol. The van der Waals surface area contributed by atoms with Gasteiger partial charge in [0.1, 0.15) is 17.7 Å². The molecule has 1 fully saturated rings. The summed E-state index contributed by atoms with van der Waals surface area (Å²) in [5, 5.41) is 18.1. The molecule has 1 aliphatic carbocycles. The number of carbonyl (C=O) groups excluding carboxylic acids is 1. The molecule has 0 aliphatic heterocycles. The fourth-order valence-electron chi connectivity index (χ4n) is 3.30. The Kier molecular flexibility index (Phi) is 6.24. The van der Waals surface area contributed by atoms with Crippen molar-refractivity contribution in [3.63, 3.8) is 0 Å². The lowest BCUT2D eigenvalue weighted by Gasteiger charge is -2.16. The van der Waals surface area contributed by atoms with E-state index in [9.17, 15) is 9.59 Å². The van der Waals surface area contributed by atoms with E-state index >= 15 is 0 Å². The molecule has 0 atom stereocenters. The van der Waals surface area contributed by atoms with Crippen LogP contribution in [0, 0.1) is 11.3 Å². The van der Waals surface area contributed by atoms with Crippen LogP contribution in [-0.4, -0.2) is 26.8 Å². The number of pyridine rings is 2. The number of carbonyl (C=O) groups is 1. The minimum Gasteiger partial charge on any atom is -0.475 e. The van der Waals surface area contributed by atoms with Crippen LogP contribution in [0.1, 0.15) is 34.3 Å². The van der Waals surface area contributed by atoms with E-state index in [-0.39, 0.29) is 16.9 Å². The number of nitriles is 1. The van der Waals surface area contributed by atoms with Crippen molar-refractivity contribution in [1.29, 1.82) is 5.26 Å². The third kappa shape index (κ3) is 4.37. The number of aromatic nitrogens is 2. The van der Waals surface area contributed by atoms with E-state index in [0.29, 0.717) is 33.4 Å². The highest BCUT2D eigenvalue weighted by atomic mass is 79.9. The van der Waals surface area contributed by atoms with E-state index in [1.54, 1.807) is 43.6 Å². The molecule has 2 heterocycles. The second kappa shape index (κ2) is 8.94. The van der Waals surface area contributed by atoms with Crippen molar-refractivity contribution in [2.45, 2.75) is 24.1 Å². The summed E-state index contributed by atoms with van der Waals surface area (Å²) in [5.41, 5.74) is 1.43. The molecule has 1 saturated carbocycles. The lowest BCUT2D eigenvalue weighted by molar-refractivity contribution is 0.0949. The summed E-state index contributed by atoms with van der Waals surface area (Å²) >= 11 is 4.75. The van der Waals surface area contributed by atoms with Crippen LogP contribution in [0.2, 0.25) is 0 Å². The molecule has 32 heavy (non-hydrogen) atoms. The van der Waals surface area contributed by atoms with Crippen LogP contribution in [0.15, 0.2) is 45.8 Å². The number of rotatable bonds is 7.